The van der Waals surface area contributed by atoms with Gasteiger partial charge in [0.2, 0.25) is 0 Å². The van der Waals surface area contributed by atoms with Crippen molar-refractivity contribution in [3.63, 3.8) is 0 Å². The van der Waals surface area contributed by atoms with Crippen LogP contribution in [0, 0.1) is 0 Å². The number of methoxy groups -OCH3 is 1. The van der Waals surface area contributed by atoms with Gasteiger partial charge in [0.1, 0.15) is 5.75 Å². The number of nitrogens with two attached hydrogens (primary N) is 1. The average molecular weight is 315 g/mol. The van der Waals surface area contributed by atoms with Crippen LogP contribution in [0.4, 0.5) is 26.3 Å². The third kappa shape index (κ3) is 4.03. The molecule has 0 aliphatic heterocycles. The van der Waals surface area contributed by atoms with Gasteiger partial charge in [0.25, 0.3) is 0 Å². The molecule has 0 aromatic heterocycles. The van der Waals surface area contributed by atoms with Gasteiger partial charge in [-0.05, 0) is 18.6 Å². The Bertz CT molecular complexity index is 495. The zero-order chi connectivity index (χ0) is 16.4. The first-order chi connectivity index (χ1) is 9.52. The Hall–Kier alpha value is -1.44. The zero-order valence-electron chi connectivity index (χ0n) is 11.4. The van der Waals surface area contributed by atoms with Crippen molar-refractivity contribution in [1.29, 1.82) is 0 Å². The van der Waals surface area contributed by atoms with E-state index >= 15 is 0 Å². The van der Waals surface area contributed by atoms with E-state index in [4.69, 9.17) is 10.5 Å². The van der Waals surface area contributed by atoms with E-state index in [-0.39, 0.29) is 12.5 Å². The maximum absolute atomic E-state index is 13.1. The molecule has 0 aliphatic carbocycles. The van der Waals surface area contributed by atoms with Crippen LogP contribution in [0.3, 0.4) is 0 Å². The van der Waals surface area contributed by atoms with Crippen molar-refractivity contribution >= 4 is 0 Å². The Labute approximate surface area is 117 Å². The molecule has 0 radical (unpaired) electrons. The number of ether oxygens (including phenoxy) is 1. The van der Waals surface area contributed by atoms with Gasteiger partial charge in [-0.2, -0.15) is 26.3 Å². The van der Waals surface area contributed by atoms with Crippen LogP contribution in [-0.2, 0) is 12.4 Å². The molecule has 0 spiro atoms. The lowest BCUT2D eigenvalue weighted by Crippen LogP contribution is -2.20. The predicted molar refractivity (Wildman–Crippen MR) is 64.8 cm³/mol. The molecule has 2 N–H and O–H groups in total. The lowest BCUT2D eigenvalue weighted by molar-refractivity contribution is -0.143. The standard InChI is InChI=1S/C13H15F6NO/c1-3-4-9(20)11-8(13(17,18)19)5-7(12(14,15)16)6-10(11)21-2/h5-6,9H,3-4,20H2,1-2H3/t9-/m1/s1. The van der Waals surface area contributed by atoms with Gasteiger partial charge in [-0.3, -0.25) is 0 Å². The van der Waals surface area contributed by atoms with Crippen LogP contribution >= 0.6 is 0 Å². The van der Waals surface area contributed by atoms with E-state index in [2.05, 4.69) is 0 Å². The molecule has 0 saturated carbocycles. The number of halogens is 6. The van der Waals surface area contributed by atoms with Crippen molar-refractivity contribution in [1.82, 2.24) is 0 Å². The lowest BCUT2D eigenvalue weighted by Gasteiger charge is -2.22. The highest BCUT2D eigenvalue weighted by Crippen LogP contribution is 2.43. The average Bonchev–Trinajstić information content (AvgIpc) is 2.35. The summed E-state index contributed by atoms with van der Waals surface area (Å²) in [6, 6.07) is -0.433. The van der Waals surface area contributed by atoms with Crippen LogP contribution in [0.5, 0.6) is 5.75 Å². The van der Waals surface area contributed by atoms with Crippen LogP contribution in [0.2, 0.25) is 0 Å². The highest BCUT2D eigenvalue weighted by Gasteiger charge is 2.40. The van der Waals surface area contributed by atoms with E-state index in [1.807, 2.05) is 0 Å². The summed E-state index contributed by atoms with van der Waals surface area (Å²) < 4.78 is 82.0. The molecule has 120 valence electrons. The number of rotatable bonds is 4. The minimum Gasteiger partial charge on any atom is -0.496 e. The number of benzene rings is 1. The first-order valence-electron chi connectivity index (χ1n) is 6.14. The molecule has 0 amide bonds. The molecular weight excluding hydrogens is 300 g/mol. The highest BCUT2D eigenvalue weighted by atomic mass is 19.4. The molecule has 8 heteroatoms. The van der Waals surface area contributed by atoms with E-state index in [0.717, 1.165) is 7.11 Å². The maximum Gasteiger partial charge on any atom is 0.416 e. The van der Waals surface area contributed by atoms with E-state index in [0.29, 0.717) is 12.5 Å². The van der Waals surface area contributed by atoms with Gasteiger partial charge in [-0.1, -0.05) is 13.3 Å². The normalized spacial score (nSPS) is 14.1. The van der Waals surface area contributed by atoms with Crippen LogP contribution in [0.1, 0.15) is 42.5 Å². The molecule has 0 aliphatic rings. The van der Waals surface area contributed by atoms with Crippen molar-refractivity contribution in [2.75, 3.05) is 7.11 Å². The summed E-state index contributed by atoms with van der Waals surface area (Å²) in [4.78, 5) is 0. The van der Waals surface area contributed by atoms with Crippen molar-refractivity contribution in [3.05, 3.63) is 28.8 Å². The topological polar surface area (TPSA) is 35.2 Å². The summed E-state index contributed by atoms with van der Waals surface area (Å²) in [5.41, 5.74) is 2.41. The minimum absolute atomic E-state index is 0.0768. The Morgan fingerprint density at radius 3 is 2.05 bits per heavy atom. The lowest BCUT2D eigenvalue weighted by atomic mass is 9.94. The summed E-state index contributed by atoms with van der Waals surface area (Å²) in [7, 11) is 1.01. The highest BCUT2D eigenvalue weighted by molar-refractivity contribution is 5.48. The Balaban J connectivity index is 3.60. The molecule has 1 aromatic rings. The second-order valence-electron chi connectivity index (χ2n) is 4.53. The van der Waals surface area contributed by atoms with E-state index in [1.165, 1.54) is 0 Å². The van der Waals surface area contributed by atoms with Crippen LogP contribution in [-0.4, -0.2) is 7.11 Å². The van der Waals surface area contributed by atoms with E-state index < -0.39 is 40.8 Å². The fourth-order valence-electron chi connectivity index (χ4n) is 2.03. The molecule has 0 heterocycles. The minimum atomic E-state index is -4.95. The van der Waals surface area contributed by atoms with Crippen molar-refractivity contribution < 1.29 is 31.1 Å². The summed E-state index contributed by atoms with van der Waals surface area (Å²) >= 11 is 0. The van der Waals surface area contributed by atoms with E-state index in [9.17, 15) is 26.3 Å². The second-order valence-corrected chi connectivity index (χ2v) is 4.53. The van der Waals surface area contributed by atoms with Gasteiger partial charge in [-0.25, -0.2) is 0 Å². The molecule has 0 bridgehead atoms. The molecule has 1 rings (SSSR count). The fourth-order valence-corrected chi connectivity index (χ4v) is 2.03. The van der Waals surface area contributed by atoms with Gasteiger partial charge in [-0.15, -0.1) is 0 Å². The van der Waals surface area contributed by atoms with Crippen LogP contribution < -0.4 is 10.5 Å². The maximum atomic E-state index is 13.1. The molecule has 0 fully saturated rings. The fraction of sp³-hybridized carbons (Fsp3) is 0.538. The Kier molecular flexibility index (Phi) is 5.14. The molecular formula is C13H15F6NO. The largest absolute Gasteiger partial charge is 0.496 e. The van der Waals surface area contributed by atoms with Gasteiger partial charge in [0.15, 0.2) is 0 Å². The zero-order valence-corrected chi connectivity index (χ0v) is 11.4. The summed E-state index contributed by atoms with van der Waals surface area (Å²) in [6.07, 6.45) is -9.16. The van der Waals surface area contributed by atoms with Crippen LogP contribution in [0.25, 0.3) is 0 Å². The monoisotopic (exact) mass is 315 g/mol. The molecule has 21 heavy (non-hydrogen) atoms. The second kappa shape index (κ2) is 6.13. The van der Waals surface area contributed by atoms with Crippen LogP contribution in [0.15, 0.2) is 12.1 Å². The first-order valence-corrected chi connectivity index (χ1v) is 6.14. The van der Waals surface area contributed by atoms with Gasteiger partial charge in [0.05, 0.1) is 18.2 Å². The summed E-state index contributed by atoms with van der Waals surface area (Å²) in [6.45, 7) is 1.71. The van der Waals surface area contributed by atoms with Crippen molar-refractivity contribution in [2.45, 2.75) is 38.2 Å². The number of alkyl halides is 6. The SMILES string of the molecule is CCC[C@@H](N)c1c(OC)cc(C(F)(F)F)cc1C(F)(F)F. The first kappa shape index (κ1) is 17.6. The Morgan fingerprint density at radius 1 is 1.10 bits per heavy atom. The summed E-state index contributed by atoms with van der Waals surface area (Å²) in [5.74, 6) is -0.502. The quantitative estimate of drug-likeness (QED) is 0.828. The molecule has 2 nitrogen and oxygen atoms in total. The van der Waals surface area contributed by atoms with Gasteiger partial charge in [0, 0.05) is 11.6 Å². The molecule has 0 unspecified atom stereocenters. The predicted octanol–water partition coefficient (Wildman–Crippen LogP) is 4.53. The Morgan fingerprint density at radius 2 is 1.67 bits per heavy atom. The number of hydrogen-bond acceptors (Lipinski definition) is 2. The number of hydrogen-bond donors (Lipinski definition) is 1. The summed E-state index contributed by atoms with van der Waals surface area (Å²) in [5, 5.41) is 0. The smallest absolute Gasteiger partial charge is 0.416 e. The van der Waals surface area contributed by atoms with E-state index in [1.54, 1.807) is 6.92 Å². The molecule has 1 atom stereocenters. The van der Waals surface area contributed by atoms with Crippen molar-refractivity contribution in [2.24, 2.45) is 5.73 Å². The molecule has 1 aromatic carbocycles. The van der Waals surface area contributed by atoms with Crippen molar-refractivity contribution in [3.8, 4) is 5.75 Å². The third-order valence-corrected chi connectivity index (χ3v) is 2.97. The third-order valence-electron chi connectivity index (χ3n) is 2.97. The van der Waals surface area contributed by atoms with Gasteiger partial charge >= 0.3 is 12.4 Å². The molecule has 0 saturated heterocycles. The van der Waals surface area contributed by atoms with Gasteiger partial charge < -0.3 is 10.5 Å².